The lowest BCUT2D eigenvalue weighted by Crippen LogP contribution is -1.74. The van der Waals surface area contributed by atoms with E-state index in [4.69, 9.17) is 25.7 Å². The molecular weight excluding hydrogens is 104 g/mol. The van der Waals surface area contributed by atoms with Crippen molar-refractivity contribution in [3.63, 3.8) is 0 Å². The molecule has 0 unspecified atom stereocenters. The van der Waals surface area contributed by atoms with E-state index in [9.17, 15) is 0 Å². The van der Waals surface area contributed by atoms with Gasteiger partial charge in [-0.15, -0.1) is 0 Å². The maximum atomic E-state index is 8.25. The smallest absolute Gasteiger partial charge is 0.283 e. The highest BCUT2D eigenvalue weighted by atomic mass is 16.9. The summed E-state index contributed by atoms with van der Waals surface area (Å²) in [6.45, 7) is 0. The van der Waals surface area contributed by atoms with Gasteiger partial charge in [-0.05, 0) is 0 Å². The molecule has 6 heteroatoms. The first-order chi connectivity index (χ1) is 3.15. The Morgan fingerprint density at radius 1 is 1.71 bits per heavy atom. The molecule has 0 radical (unpaired) electrons. The highest BCUT2D eigenvalue weighted by Crippen LogP contribution is 1.44. The van der Waals surface area contributed by atoms with Gasteiger partial charge in [-0.2, -0.15) is 5.26 Å². The fraction of sp³-hybridized carbons (Fsp3) is 0. The predicted molar refractivity (Wildman–Crippen MR) is 17.9 cm³/mol. The first-order valence-electron chi connectivity index (χ1n) is 0.995. The quantitative estimate of drug-likeness (QED) is 0.256. The summed E-state index contributed by atoms with van der Waals surface area (Å²) in [4.78, 5) is 8.25. The van der Waals surface area contributed by atoms with Crippen LogP contribution in [0.15, 0.2) is 0 Å². The molecule has 1 N–H and O–H groups in total. The Hall–Kier alpha value is -1.51. The van der Waals surface area contributed by atoms with Gasteiger partial charge in [-0.3, -0.25) is 0 Å². The molecule has 0 aromatic carbocycles. The van der Waals surface area contributed by atoms with Gasteiger partial charge in [0.15, 0.2) is 0 Å². The maximum absolute atomic E-state index is 8.25. The standard InChI is InChI=1S/CHNO.NO3/c2-1-3;2-1(3)4/h3H;/q;-1. The molecule has 0 amide bonds. The first kappa shape index (κ1) is 9.09. The van der Waals surface area contributed by atoms with E-state index in [1.165, 1.54) is 0 Å². The molecular formula is CHN2O4-. The summed E-state index contributed by atoms with van der Waals surface area (Å²) in [5, 5.41) is 28.5. The highest BCUT2D eigenvalue weighted by molar-refractivity contribution is 4.30. The molecule has 40 valence electrons. The minimum Gasteiger partial charge on any atom is -0.443 e. The van der Waals surface area contributed by atoms with Crippen LogP contribution in [0.4, 0.5) is 0 Å². The van der Waals surface area contributed by atoms with E-state index >= 15 is 0 Å². The van der Waals surface area contributed by atoms with Crippen LogP contribution in [-0.2, 0) is 0 Å². The molecule has 0 aromatic rings. The lowest BCUT2D eigenvalue weighted by molar-refractivity contribution is -0.402. The number of hydrogen-bond acceptors (Lipinski definition) is 5. The predicted octanol–water partition coefficient (Wildman–Crippen LogP) is -0.399. The van der Waals surface area contributed by atoms with E-state index < -0.39 is 5.09 Å². The number of nitriles is 1. The molecule has 0 aromatic heterocycles. The van der Waals surface area contributed by atoms with Crippen LogP contribution in [0.3, 0.4) is 0 Å². The normalized spacial score (nSPS) is 4.43. The zero-order valence-corrected chi connectivity index (χ0v) is 3.07. The van der Waals surface area contributed by atoms with Crippen molar-refractivity contribution in [1.29, 1.82) is 5.26 Å². The van der Waals surface area contributed by atoms with Gasteiger partial charge in [0.25, 0.3) is 6.26 Å². The van der Waals surface area contributed by atoms with Crippen molar-refractivity contribution in [3.8, 4) is 6.26 Å². The summed E-state index contributed by atoms with van der Waals surface area (Å²) in [5.41, 5.74) is 0. The number of hydrogen-bond donors (Lipinski definition) is 1. The molecule has 0 heterocycles. The molecule has 0 fully saturated rings. The Morgan fingerprint density at radius 3 is 1.71 bits per heavy atom. The molecule has 0 atom stereocenters. The van der Waals surface area contributed by atoms with Crippen LogP contribution in [0.25, 0.3) is 0 Å². The number of nitrogens with zero attached hydrogens (tertiary/aromatic N) is 2. The number of aliphatic hydroxyl groups is 1. The summed E-state index contributed by atoms with van der Waals surface area (Å²) in [6.07, 6.45) is 0.750. The number of rotatable bonds is 0. The van der Waals surface area contributed by atoms with Crippen molar-refractivity contribution in [2.24, 2.45) is 0 Å². The minimum atomic E-state index is -1.75. The SMILES string of the molecule is N#CO.O=[N+]([O-])[O-]. The van der Waals surface area contributed by atoms with E-state index in [1.807, 2.05) is 0 Å². The summed E-state index contributed by atoms with van der Waals surface area (Å²) in [6, 6.07) is 0. The third kappa shape index (κ3) is 12.2. The van der Waals surface area contributed by atoms with E-state index in [1.54, 1.807) is 0 Å². The van der Waals surface area contributed by atoms with Gasteiger partial charge in [0, 0.05) is 0 Å². The van der Waals surface area contributed by atoms with Gasteiger partial charge < -0.3 is 20.4 Å². The van der Waals surface area contributed by atoms with E-state index in [0.717, 1.165) is 6.26 Å². The Labute approximate surface area is 38.3 Å². The van der Waals surface area contributed by atoms with E-state index in [-0.39, 0.29) is 0 Å². The average molecular weight is 105 g/mol. The van der Waals surface area contributed by atoms with Crippen LogP contribution in [0.5, 0.6) is 0 Å². The second-order valence-electron chi connectivity index (χ2n) is 0.324. The van der Waals surface area contributed by atoms with Crippen LogP contribution in [-0.4, -0.2) is 10.2 Å². The van der Waals surface area contributed by atoms with Crippen molar-refractivity contribution in [3.05, 3.63) is 15.3 Å². The minimum absolute atomic E-state index is 0.750. The monoisotopic (exact) mass is 105 g/mol. The fourth-order valence-corrected chi connectivity index (χ4v) is 0. The summed E-state index contributed by atoms with van der Waals surface area (Å²) in [7, 11) is 0. The van der Waals surface area contributed by atoms with Gasteiger partial charge in [0.2, 0.25) is 0 Å². The summed E-state index contributed by atoms with van der Waals surface area (Å²) in [5.74, 6) is 0. The Balaban J connectivity index is 0. The molecule has 7 heavy (non-hydrogen) atoms. The van der Waals surface area contributed by atoms with E-state index in [2.05, 4.69) is 0 Å². The van der Waals surface area contributed by atoms with Gasteiger partial charge in [0.05, 0.1) is 5.09 Å². The largest absolute Gasteiger partial charge is 0.443 e. The van der Waals surface area contributed by atoms with Gasteiger partial charge in [-0.25, -0.2) is 0 Å². The average Bonchev–Trinajstić information content (AvgIpc) is 1.33. The summed E-state index contributed by atoms with van der Waals surface area (Å²) < 4.78 is 0. The van der Waals surface area contributed by atoms with Gasteiger partial charge in [0.1, 0.15) is 0 Å². The Bertz CT molecular complexity index is 78.2. The number of aliphatic hydroxyl groups excluding tert-OH is 1. The molecule has 0 bridgehead atoms. The van der Waals surface area contributed by atoms with Crippen molar-refractivity contribution in [1.82, 2.24) is 0 Å². The molecule has 6 nitrogen and oxygen atoms in total. The molecule has 0 rings (SSSR count). The van der Waals surface area contributed by atoms with Crippen LogP contribution in [0.1, 0.15) is 0 Å². The Morgan fingerprint density at radius 2 is 1.71 bits per heavy atom. The van der Waals surface area contributed by atoms with Gasteiger partial charge in [-0.1, -0.05) is 0 Å². The van der Waals surface area contributed by atoms with Crippen molar-refractivity contribution in [2.45, 2.75) is 0 Å². The van der Waals surface area contributed by atoms with Crippen LogP contribution < -0.4 is 0 Å². The molecule has 0 aliphatic heterocycles. The lowest BCUT2D eigenvalue weighted by atomic mass is 11.6. The Kier molecular flexibility index (Phi) is 11.5. The second-order valence-corrected chi connectivity index (χ2v) is 0.324. The van der Waals surface area contributed by atoms with Crippen molar-refractivity contribution in [2.75, 3.05) is 0 Å². The summed E-state index contributed by atoms with van der Waals surface area (Å²) >= 11 is 0. The lowest BCUT2D eigenvalue weighted by Gasteiger charge is -1.74. The fourth-order valence-electron chi connectivity index (χ4n) is 0. The molecule has 0 spiro atoms. The first-order valence-corrected chi connectivity index (χ1v) is 0.995. The zero-order chi connectivity index (χ0) is 6.28. The molecule has 0 saturated carbocycles. The topological polar surface area (TPSA) is 110 Å². The van der Waals surface area contributed by atoms with Crippen molar-refractivity contribution >= 4 is 0 Å². The second kappa shape index (κ2) is 8.82. The third-order valence-corrected chi connectivity index (χ3v) is 0. The van der Waals surface area contributed by atoms with Crippen LogP contribution >= 0.6 is 0 Å². The highest BCUT2D eigenvalue weighted by Gasteiger charge is 1.45. The molecule has 0 saturated heterocycles. The van der Waals surface area contributed by atoms with Crippen molar-refractivity contribution < 1.29 is 10.2 Å². The molecule has 0 aliphatic carbocycles. The third-order valence-electron chi connectivity index (χ3n) is 0. The van der Waals surface area contributed by atoms with Crippen LogP contribution in [0, 0.1) is 26.8 Å². The maximum Gasteiger partial charge on any atom is 0.283 e. The molecule has 0 aliphatic rings. The zero-order valence-electron chi connectivity index (χ0n) is 3.07. The van der Waals surface area contributed by atoms with E-state index in [0.29, 0.717) is 0 Å². The van der Waals surface area contributed by atoms with Crippen LogP contribution in [0.2, 0.25) is 0 Å². The van der Waals surface area contributed by atoms with Gasteiger partial charge >= 0.3 is 0 Å².